The molecule has 4 rings (SSSR count). The number of benzene rings is 2. The highest BCUT2D eigenvalue weighted by atomic mass is 16.2. The van der Waals surface area contributed by atoms with Gasteiger partial charge >= 0.3 is 0 Å². The Labute approximate surface area is 203 Å². The molecule has 2 aliphatic heterocycles. The maximum Gasteiger partial charge on any atom is 0.239 e. The van der Waals surface area contributed by atoms with Gasteiger partial charge in [0.2, 0.25) is 11.8 Å². The number of rotatable bonds is 8. The Bertz CT molecular complexity index is 963. The van der Waals surface area contributed by atoms with Crippen molar-refractivity contribution >= 4 is 17.5 Å². The maximum atomic E-state index is 13.1. The molecule has 0 aromatic heterocycles. The van der Waals surface area contributed by atoms with Gasteiger partial charge in [-0.1, -0.05) is 42.5 Å². The van der Waals surface area contributed by atoms with Gasteiger partial charge in [-0.05, 0) is 43.1 Å². The third-order valence-electron chi connectivity index (χ3n) is 7.23. The van der Waals surface area contributed by atoms with Crippen LogP contribution in [0.1, 0.15) is 30.4 Å². The zero-order valence-electron chi connectivity index (χ0n) is 20.5. The summed E-state index contributed by atoms with van der Waals surface area (Å²) in [5.74, 6) is 0.161. The Hall–Kier alpha value is -2.90. The number of fused-ring (bicyclic) bond motifs is 1. The number of amides is 2. The highest BCUT2D eigenvalue weighted by Crippen LogP contribution is 2.29. The Kier molecular flexibility index (Phi) is 7.85. The summed E-state index contributed by atoms with van der Waals surface area (Å²) in [6, 6.07) is 18.7. The third-order valence-corrected chi connectivity index (χ3v) is 7.23. The van der Waals surface area contributed by atoms with Crippen LogP contribution in [0.5, 0.6) is 0 Å². The van der Waals surface area contributed by atoms with Crippen molar-refractivity contribution in [1.82, 2.24) is 20.4 Å². The molecule has 0 saturated carbocycles. The van der Waals surface area contributed by atoms with E-state index in [0.29, 0.717) is 19.5 Å². The van der Waals surface area contributed by atoms with E-state index in [9.17, 15) is 9.59 Å². The Balaban J connectivity index is 1.32. The highest BCUT2D eigenvalue weighted by Gasteiger charge is 2.44. The van der Waals surface area contributed by atoms with Gasteiger partial charge in [-0.2, -0.15) is 0 Å². The van der Waals surface area contributed by atoms with Gasteiger partial charge < -0.3 is 15.5 Å². The van der Waals surface area contributed by atoms with Crippen LogP contribution in [0, 0.1) is 0 Å². The van der Waals surface area contributed by atoms with Crippen LogP contribution in [0.3, 0.4) is 0 Å². The first kappa shape index (κ1) is 24.2. The molecular weight excluding hydrogens is 426 g/mol. The Morgan fingerprint density at radius 3 is 2.53 bits per heavy atom. The molecule has 182 valence electrons. The lowest BCUT2D eigenvalue weighted by molar-refractivity contribution is -0.126. The lowest BCUT2D eigenvalue weighted by Gasteiger charge is -2.33. The molecule has 3 unspecified atom stereocenters. The third kappa shape index (κ3) is 5.77. The Morgan fingerprint density at radius 2 is 1.82 bits per heavy atom. The summed E-state index contributed by atoms with van der Waals surface area (Å²) in [5, 5.41) is 6.17. The van der Waals surface area contributed by atoms with Crippen LogP contribution in [0.25, 0.3) is 0 Å². The fraction of sp³-hybridized carbons (Fsp3) is 0.481. The lowest BCUT2D eigenvalue weighted by Crippen LogP contribution is -2.49. The van der Waals surface area contributed by atoms with Gasteiger partial charge in [-0.3, -0.25) is 19.4 Å². The number of hydrogen-bond donors (Lipinski definition) is 2. The van der Waals surface area contributed by atoms with Crippen LogP contribution >= 0.6 is 0 Å². The van der Waals surface area contributed by atoms with E-state index in [0.717, 1.165) is 31.5 Å². The first-order valence-electron chi connectivity index (χ1n) is 12.2. The monoisotopic (exact) mass is 463 g/mol. The molecule has 2 amide bonds. The van der Waals surface area contributed by atoms with E-state index < -0.39 is 0 Å². The highest BCUT2D eigenvalue weighted by molar-refractivity contribution is 5.83. The van der Waals surface area contributed by atoms with Gasteiger partial charge in [0.15, 0.2) is 0 Å². The maximum absolute atomic E-state index is 13.1. The second-order valence-electron chi connectivity index (χ2n) is 9.70. The number of nitrogens with zero attached hydrogens (tertiary/aromatic N) is 3. The second kappa shape index (κ2) is 11.0. The zero-order valence-corrected chi connectivity index (χ0v) is 20.5. The molecule has 0 spiro atoms. The van der Waals surface area contributed by atoms with Crippen molar-refractivity contribution in [2.45, 2.75) is 50.5 Å². The topological polar surface area (TPSA) is 67.9 Å². The summed E-state index contributed by atoms with van der Waals surface area (Å²) in [5.41, 5.74) is 3.49. The van der Waals surface area contributed by atoms with E-state index in [1.54, 1.807) is 0 Å². The first-order valence-corrected chi connectivity index (χ1v) is 12.2. The molecule has 2 N–H and O–H groups in total. The zero-order chi connectivity index (χ0) is 24.1. The minimum Gasteiger partial charge on any atom is -0.378 e. The number of anilines is 1. The van der Waals surface area contributed by atoms with Gasteiger partial charge in [-0.15, -0.1) is 0 Å². The van der Waals surface area contributed by atoms with Crippen molar-refractivity contribution in [3.8, 4) is 0 Å². The van der Waals surface area contributed by atoms with Crippen molar-refractivity contribution in [1.29, 1.82) is 0 Å². The number of likely N-dealkylation sites (N-methyl/N-ethyl adjacent to an activating group) is 1. The summed E-state index contributed by atoms with van der Waals surface area (Å²) in [6.07, 6.45) is 2.14. The van der Waals surface area contributed by atoms with Gasteiger partial charge in [0.25, 0.3) is 0 Å². The smallest absolute Gasteiger partial charge is 0.239 e. The molecule has 2 aromatic carbocycles. The molecule has 3 atom stereocenters. The van der Waals surface area contributed by atoms with E-state index in [-0.39, 0.29) is 29.9 Å². The summed E-state index contributed by atoms with van der Waals surface area (Å²) >= 11 is 0. The number of carbonyl (C=O) groups excluding carboxylic acids is 2. The van der Waals surface area contributed by atoms with E-state index >= 15 is 0 Å². The van der Waals surface area contributed by atoms with Crippen LogP contribution < -0.4 is 15.5 Å². The summed E-state index contributed by atoms with van der Waals surface area (Å²) in [4.78, 5) is 32.2. The quantitative estimate of drug-likeness (QED) is 0.629. The number of carbonyl (C=O) groups is 2. The van der Waals surface area contributed by atoms with Crippen LogP contribution in [0.4, 0.5) is 5.69 Å². The summed E-state index contributed by atoms with van der Waals surface area (Å²) in [7, 11) is 6.18. The first-order chi connectivity index (χ1) is 16.4. The molecule has 2 aromatic rings. The van der Waals surface area contributed by atoms with Gasteiger partial charge in [0.05, 0.1) is 0 Å². The minimum absolute atomic E-state index is 0.0543. The van der Waals surface area contributed by atoms with Gasteiger partial charge in [0, 0.05) is 64.5 Å². The standard InChI is InChI=1S/C27H37N5O2/c1-30(2)22-11-9-21(10-12-22)19-32-16-15-24-26(32)27(34)29-18-23(31(24)3)13-14-25(33)28-17-20-7-5-4-6-8-20/h4-12,23-24,26H,13-19H2,1-3H3,(H,28,33)(H,29,34). The molecule has 2 saturated heterocycles. The molecule has 2 fully saturated rings. The SMILES string of the molecule is CN(C)c1ccc(CN2CCC3C2C(=O)NCC(CCC(=O)NCc2ccccc2)N3C)cc1. The van der Waals surface area contributed by atoms with Crippen molar-refractivity contribution in [3.63, 3.8) is 0 Å². The van der Waals surface area contributed by atoms with Crippen molar-refractivity contribution < 1.29 is 9.59 Å². The van der Waals surface area contributed by atoms with E-state index in [1.165, 1.54) is 11.3 Å². The van der Waals surface area contributed by atoms with E-state index in [1.807, 2.05) is 44.4 Å². The predicted molar refractivity (Wildman–Crippen MR) is 135 cm³/mol. The van der Waals surface area contributed by atoms with Crippen molar-refractivity contribution in [2.24, 2.45) is 0 Å². The molecule has 7 nitrogen and oxygen atoms in total. The molecular formula is C27H37N5O2. The van der Waals surface area contributed by atoms with Crippen LogP contribution in [-0.4, -0.2) is 74.0 Å². The number of nitrogens with one attached hydrogen (secondary N) is 2. The molecule has 7 heteroatoms. The molecule has 0 radical (unpaired) electrons. The fourth-order valence-electron chi connectivity index (χ4n) is 5.14. The normalized spacial score (nSPS) is 23.1. The molecule has 2 heterocycles. The largest absolute Gasteiger partial charge is 0.378 e. The summed E-state index contributed by atoms with van der Waals surface area (Å²) < 4.78 is 0. The average molecular weight is 464 g/mol. The van der Waals surface area contributed by atoms with Gasteiger partial charge in [0.1, 0.15) is 6.04 Å². The number of likely N-dealkylation sites (tertiary alicyclic amines) is 1. The van der Waals surface area contributed by atoms with Crippen molar-refractivity contribution in [3.05, 3.63) is 65.7 Å². The summed E-state index contributed by atoms with van der Waals surface area (Å²) in [6.45, 7) is 2.79. The molecule has 0 bridgehead atoms. The average Bonchev–Trinajstić information content (AvgIpc) is 3.21. The van der Waals surface area contributed by atoms with Gasteiger partial charge in [-0.25, -0.2) is 0 Å². The van der Waals surface area contributed by atoms with Crippen LogP contribution in [-0.2, 0) is 22.7 Å². The number of hydrogen-bond acceptors (Lipinski definition) is 5. The fourth-order valence-corrected chi connectivity index (χ4v) is 5.14. The molecule has 2 aliphatic rings. The molecule has 0 aliphatic carbocycles. The van der Waals surface area contributed by atoms with Crippen LogP contribution in [0.15, 0.2) is 54.6 Å². The predicted octanol–water partition coefficient (Wildman–Crippen LogP) is 2.22. The lowest BCUT2D eigenvalue weighted by atomic mass is 10.0. The molecule has 34 heavy (non-hydrogen) atoms. The van der Waals surface area contributed by atoms with Crippen LogP contribution in [0.2, 0.25) is 0 Å². The van der Waals surface area contributed by atoms with E-state index in [2.05, 4.69) is 56.6 Å². The van der Waals surface area contributed by atoms with Crippen molar-refractivity contribution in [2.75, 3.05) is 39.1 Å². The van der Waals surface area contributed by atoms with E-state index in [4.69, 9.17) is 0 Å². The Morgan fingerprint density at radius 1 is 1.09 bits per heavy atom. The minimum atomic E-state index is -0.157. The second-order valence-corrected chi connectivity index (χ2v) is 9.70.